The van der Waals surface area contributed by atoms with Crippen LogP contribution in [0.5, 0.6) is 11.6 Å². The van der Waals surface area contributed by atoms with Gasteiger partial charge in [0.25, 0.3) is 0 Å². The Bertz CT molecular complexity index is 955. The maximum Gasteiger partial charge on any atom is 0.243 e. The van der Waals surface area contributed by atoms with E-state index in [1.165, 1.54) is 11.4 Å². The number of carbonyl (C=O) groups is 1. The Morgan fingerprint density at radius 1 is 1.20 bits per heavy atom. The summed E-state index contributed by atoms with van der Waals surface area (Å²) in [5, 5.41) is 2.91. The van der Waals surface area contributed by atoms with Crippen molar-refractivity contribution >= 4 is 15.9 Å². The molecule has 0 bridgehead atoms. The molecule has 1 aliphatic rings. The van der Waals surface area contributed by atoms with Crippen molar-refractivity contribution in [3.8, 4) is 11.6 Å². The third-order valence-corrected chi connectivity index (χ3v) is 7.01. The lowest BCUT2D eigenvalue weighted by Crippen LogP contribution is -2.42. The molecule has 2 aromatic rings. The molecule has 0 atom stereocenters. The van der Waals surface area contributed by atoms with Crippen LogP contribution in [0.15, 0.2) is 47.5 Å². The third-order valence-electron chi connectivity index (χ3n) is 5.09. The number of sulfonamides is 1. The van der Waals surface area contributed by atoms with Gasteiger partial charge in [-0.25, -0.2) is 13.4 Å². The molecular formula is C21H27N3O5S. The van der Waals surface area contributed by atoms with Gasteiger partial charge in [-0.1, -0.05) is 6.07 Å². The van der Waals surface area contributed by atoms with Gasteiger partial charge in [0.15, 0.2) is 0 Å². The maximum absolute atomic E-state index is 12.9. The Morgan fingerprint density at radius 3 is 2.53 bits per heavy atom. The molecule has 0 spiro atoms. The zero-order chi connectivity index (χ0) is 21.6. The first-order chi connectivity index (χ1) is 14.5. The van der Waals surface area contributed by atoms with E-state index >= 15 is 0 Å². The van der Waals surface area contributed by atoms with Crippen molar-refractivity contribution < 1.29 is 22.7 Å². The van der Waals surface area contributed by atoms with Crippen molar-refractivity contribution in [3.63, 3.8) is 0 Å². The van der Waals surface area contributed by atoms with Crippen LogP contribution in [-0.2, 0) is 21.4 Å². The van der Waals surface area contributed by atoms with Crippen molar-refractivity contribution in [3.05, 3.63) is 48.2 Å². The zero-order valence-electron chi connectivity index (χ0n) is 17.2. The summed E-state index contributed by atoms with van der Waals surface area (Å²) in [5.74, 6) is 0.810. The maximum atomic E-state index is 12.9. The van der Waals surface area contributed by atoms with E-state index in [4.69, 9.17) is 9.47 Å². The summed E-state index contributed by atoms with van der Waals surface area (Å²) in [6.45, 7) is 3.33. The number of methoxy groups -OCH3 is 1. The number of carbonyl (C=O) groups excluding carboxylic acids is 1. The van der Waals surface area contributed by atoms with Crippen LogP contribution in [0, 0.1) is 5.92 Å². The minimum atomic E-state index is -3.59. The largest absolute Gasteiger partial charge is 0.494 e. The van der Waals surface area contributed by atoms with Crippen LogP contribution in [0.4, 0.5) is 0 Å². The second-order valence-corrected chi connectivity index (χ2v) is 8.91. The fourth-order valence-corrected chi connectivity index (χ4v) is 4.92. The molecule has 30 heavy (non-hydrogen) atoms. The molecule has 1 fully saturated rings. The highest BCUT2D eigenvalue weighted by Crippen LogP contribution is 2.25. The number of nitrogens with one attached hydrogen (secondary N) is 1. The summed E-state index contributed by atoms with van der Waals surface area (Å²) in [6, 6.07) is 10.1. The summed E-state index contributed by atoms with van der Waals surface area (Å²) in [5.41, 5.74) is 0.795. The number of hydrogen-bond donors (Lipinski definition) is 1. The summed E-state index contributed by atoms with van der Waals surface area (Å²) in [7, 11) is -2.05. The fraction of sp³-hybridized carbons (Fsp3) is 0.429. The number of aromatic nitrogens is 1. The molecule has 162 valence electrons. The molecule has 0 aliphatic carbocycles. The highest BCUT2D eigenvalue weighted by molar-refractivity contribution is 7.89. The van der Waals surface area contributed by atoms with Crippen molar-refractivity contribution in [2.24, 2.45) is 5.92 Å². The summed E-state index contributed by atoms with van der Waals surface area (Å²) in [6.07, 6.45) is 2.59. The quantitative estimate of drug-likeness (QED) is 0.685. The Labute approximate surface area is 177 Å². The van der Waals surface area contributed by atoms with Crippen molar-refractivity contribution in [1.82, 2.24) is 14.6 Å². The van der Waals surface area contributed by atoms with Gasteiger partial charge in [-0.15, -0.1) is 0 Å². The molecule has 1 N–H and O–H groups in total. The molecule has 1 amide bonds. The van der Waals surface area contributed by atoms with Crippen LogP contribution in [0.3, 0.4) is 0 Å². The van der Waals surface area contributed by atoms with Gasteiger partial charge in [0, 0.05) is 37.3 Å². The second kappa shape index (κ2) is 9.90. The molecule has 1 aromatic heterocycles. The van der Waals surface area contributed by atoms with Crippen LogP contribution in [0.25, 0.3) is 0 Å². The molecule has 0 unspecified atom stereocenters. The van der Waals surface area contributed by atoms with E-state index < -0.39 is 10.0 Å². The number of benzene rings is 1. The van der Waals surface area contributed by atoms with E-state index in [9.17, 15) is 13.2 Å². The minimum absolute atomic E-state index is 0.0842. The number of nitrogens with zero attached hydrogens (tertiary/aromatic N) is 2. The molecule has 0 saturated carbocycles. The standard InChI is InChI=1S/C21H27N3O5S/c1-3-29-18-6-8-19(9-7-18)30(26,27)24-13-10-16(11-14-24)20(25)23-15-17-5-4-12-22-21(17)28-2/h4-9,12,16H,3,10-11,13-15H2,1-2H3,(H,23,25). The first-order valence-corrected chi connectivity index (χ1v) is 11.4. The molecular weight excluding hydrogens is 406 g/mol. The van der Waals surface area contributed by atoms with Crippen LogP contribution < -0.4 is 14.8 Å². The number of rotatable bonds is 8. The second-order valence-electron chi connectivity index (χ2n) is 6.97. The van der Waals surface area contributed by atoms with Crippen molar-refractivity contribution in [1.29, 1.82) is 0 Å². The van der Waals surface area contributed by atoms with Gasteiger partial charge < -0.3 is 14.8 Å². The summed E-state index contributed by atoms with van der Waals surface area (Å²) >= 11 is 0. The average Bonchev–Trinajstić information content (AvgIpc) is 2.78. The van der Waals surface area contributed by atoms with Crippen molar-refractivity contribution in [2.45, 2.75) is 31.2 Å². The lowest BCUT2D eigenvalue weighted by Gasteiger charge is -2.30. The molecule has 1 saturated heterocycles. The van der Waals surface area contributed by atoms with E-state index in [-0.39, 0.29) is 16.7 Å². The Hall–Kier alpha value is -2.65. The first kappa shape index (κ1) is 22.0. The molecule has 1 aromatic carbocycles. The van der Waals surface area contributed by atoms with Gasteiger partial charge in [0.2, 0.25) is 21.8 Å². The monoisotopic (exact) mass is 433 g/mol. The predicted octanol–water partition coefficient (Wildman–Crippen LogP) is 2.21. The Balaban J connectivity index is 1.55. The number of piperidine rings is 1. The lowest BCUT2D eigenvalue weighted by atomic mass is 9.97. The normalized spacial score (nSPS) is 15.5. The van der Waals surface area contributed by atoms with Gasteiger partial charge >= 0.3 is 0 Å². The number of hydrogen-bond acceptors (Lipinski definition) is 6. The molecule has 8 nitrogen and oxygen atoms in total. The van der Waals surface area contributed by atoms with Crippen LogP contribution in [0.1, 0.15) is 25.3 Å². The number of pyridine rings is 1. The van der Waals surface area contributed by atoms with E-state index in [1.54, 1.807) is 36.5 Å². The topological polar surface area (TPSA) is 97.8 Å². The number of ether oxygens (including phenoxy) is 2. The first-order valence-electron chi connectivity index (χ1n) is 9.94. The molecule has 2 heterocycles. The molecule has 1 aliphatic heterocycles. The van der Waals surface area contributed by atoms with Crippen LogP contribution >= 0.6 is 0 Å². The van der Waals surface area contributed by atoms with E-state index in [0.29, 0.717) is 50.7 Å². The smallest absolute Gasteiger partial charge is 0.243 e. The predicted molar refractivity (Wildman–Crippen MR) is 112 cm³/mol. The highest BCUT2D eigenvalue weighted by Gasteiger charge is 2.32. The van der Waals surface area contributed by atoms with Gasteiger partial charge in [0.05, 0.1) is 18.6 Å². The van der Waals surface area contributed by atoms with E-state index in [0.717, 1.165) is 5.56 Å². The zero-order valence-corrected chi connectivity index (χ0v) is 18.0. The summed E-state index contributed by atoms with van der Waals surface area (Å²) in [4.78, 5) is 16.9. The van der Waals surface area contributed by atoms with E-state index in [2.05, 4.69) is 10.3 Å². The fourth-order valence-electron chi connectivity index (χ4n) is 3.45. The van der Waals surface area contributed by atoms with Gasteiger partial charge in [-0.2, -0.15) is 4.31 Å². The van der Waals surface area contributed by atoms with Gasteiger partial charge in [0.1, 0.15) is 5.75 Å². The Kier molecular flexibility index (Phi) is 7.28. The third kappa shape index (κ3) is 5.09. The van der Waals surface area contributed by atoms with Gasteiger partial charge in [-0.3, -0.25) is 4.79 Å². The SMILES string of the molecule is CCOc1ccc(S(=O)(=O)N2CCC(C(=O)NCc3cccnc3OC)CC2)cc1. The lowest BCUT2D eigenvalue weighted by molar-refractivity contribution is -0.126. The van der Waals surface area contributed by atoms with Crippen molar-refractivity contribution in [2.75, 3.05) is 26.8 Å². The average molecular weight is 434 g/mol. The highest BCUT2D eigenvalue weighted by atomic mass is 32.2. The molecule has 3 rings (SSSR count). The van der Waals surface area contributed by atoms with E-state index in [1.807, 2.05) is 13.0 Å². The molecule has 9 heteroatoms. The summed E-state index contributed by atoms with van der Waals surface area (Å²) < 4.78 is 37.8. The van der Waals surface area contributed by atoms with Gasteiger partial charge in [-0.05, 0) is 50.1 Å². The van der Waals surface area contributed by atoms with Crippen LogP contribution in [0.2, 0.25) is 0 Å². The Morgan fingerprint density at radius 2 is 1.90 bits per heavy atom. The minimum Gasteiger partial charge on any atom is -0.494 e. The van der Waals surface area contributed by atoms with Crippen LogP contribution in [-0.4, -0.2) is 50.4 Å². The number of amides is 1. The molecule has 0 radical (unpaired) electrons.